The molecule has 1 aromatic heterocycles. The lowest BCUT2D eigenvalue weighted by atomic mass is 10.1. The van der Waals surface area contributed by atoms with E-state index in [9.17, 15) is 4.79 Å². The molecule has 0 radical (unpaired) electrons. The van der Waals surface area contributed by atoms with Crippen molar-refractivity contribution in [2.45, 2.75) is 6.54 Å². The van der Waals surface area contributed by atoms with Gasteiger partial charge in [-0.15, -0.1) is 0 Å². The van der Waals surface area contributed by atoms with Crippen LogP contribution in [0.5, 0.6) is 0 Å². The first-order chi connectivity index (χ1) is 8.16. The van der Waals surface area contributed by atoms with Crippen LogP contribution in [-0.4, -0.2) is 11.1 Å². The molecule has 0 atom stereocenters. The topological polar surface area (TPSA) is 81.2 Å². The fraction of sp³-hybridized carbons (Fsp3) is 0.0909. The highest BCUT2D eigenvalue weighted by atomic mass is 79.9. The van der Waals surface area contributed by atoms with Crippen LogP contribution in [0, 0.1) is 0 Å². The third-order valence-corrected chi connectivity index (χ3v) is 2.67. The average molecular weight is 296 g/mol. The molecule has 0 aliphatic heterocycles. The predicted octanol–water partition coefficient (Wildman–Crippen LogP) is 1.95. The van der Waals surface area contributed by atoms with Crippen LogP contribution >= 0.6 is 15.9 Å². The number of aromatic nitrogens is 1. The number of nitrogens with zero attached hydrogens (tertiary/aromatic N) is 1. The second-order valence-corrected chi connectivity index (χ2v) is 4.32. The summed E-state index contributed by atoms with van der Waals surface area (Å²) in [7, 11) is 0. The monoisotopic (exact) mass is 295 g/mol. The first-order valence-electron chi connectivity index (χ1n) is 4.89. The summed E-state index contributed by atoms with van der Waals surface area (Å²) in [6.07, 6.45) is 1.45. The van der Waals surface area contributed by atoms with Gasteiger partial charge in [-0.05, 0) is 18.2 Å². The number of hydrogen-bond donors (Lipinski definition) is 2. The zero-order valence-electron chi connectivity index (χ0n) is 8.81. The molecule has 0 aliphatic rings. The molecule has 0 spiro atoms. The van der Waals surface area contributed by atoms with Crippen molar-refractivity contribution in [3.63, 3.8) is 0 Å². The Morgan fingerprint density at radius 1 is 1.47 bits per heavy atom. The number of nitrogens with one attached hydrogen (secondary N) is 1. The van der Waals surface area contributed by atoms with E-state index in [2.05, 4.69) is 30.9 Å². The van der Waals surface area contributed by atoms with E-state index in [1.54, 1.807) is 24.3 Å². The molecule has 0 fully saturated rings. The van der Waals surface area contributed by atoms with Crippen molar-refractivity contribution in [2.24, 2.45) is 0 Å². The molecular formula is C11H10BrN3O2. The van der Waals surface area contributed by atoms with E-state index in [1.165, 1.54) is 6.26 Å². The molecule has 0 unspecified atom stereocenters. The number of benzene rings is 1. The SMILES string of the molecule is Nc1ccc(Br)cc1C(=O)NCc1ccon1. The predicted molar refractivity (Wildman–Crippen MR) is 66.2 cm³/mol. The van der Waals surface area contributed by atoms with Crippen LogP contribution in [0.4, 0.5) is 5.69 Å². The lowest BCUT2D eigenvalue weighted by molar-refractivity contribution is 0.0951. The molecule has 2 aromatic rings. The fourth-order valence-electron chi connectivity index (χ4n) is 1.32. The molecular weight excluding hydrogens is 286 g/mol. The van der Waals surface area contributed by atoms with Gasteiger partial charge in [0.25, 0.3) is 5.91 Å². The van der Waals surface area contributed by atoms with E-state index >= 15 is 0 Å². The van der Waals surface area contributed by atoms with E-state index in [-0.39, 0.29) is 5.91 Å². The van der Waals surface area contributed by atoms with Gasteiger partial charge in [0, 0.05) is 16.2 Å². The molecule has 0 bridgehead atoms. The number of nitrogens with two attached hydrogens (primary N) is 1. The minimum Gasteiger partial charge on any atom is -0.398 e. The van der Waals surface area contributed by atoms with Gasteiger partial charge in [0.2, 0.25) is 0 Å². The number of carbonyl (C=O) groups excluding carboxylic acids is 1. The zero-order valence-corrected chi connectivity index (χ0v) is 10.4. The zero-order chi connectivity index (χ0) is 12.3. The number of nitrogen functional groups attached to an aromatic ring is 1. The van der Waals surface area contributed by atoms with Crippen molar-refractivity contribution in [3.05, 3.63) is 46.3 Å². The number of anilines is 1. The Kier molecular flexibility index (Phi) is 3.43. The molecule has 3 N–H and O–H groups in total. The first-order valence-corrected chi connectivity index (χ1v) is 5.68. The summed E-state index contributed by atoms with van der Waals surface area (Å²) in [5.41, 5.74) is 7.25. The fourth-order valence-corrected chi connectivity index (χ4v) is 1.68. The van der Waals surface area contributed by atoms with Crippen LogP contribution in [0.1, 0.15) is 16.1 Å². The van der Waals surface area contributed by atoms with Gasteiger partial charge < -0.3 is 15.6 Å². The van der Waals surface area contributed by atoms with Crippen molar-refractivity contribution in [1.82, 2.24) is 10.5 Å². The molecule has 1 amide bonds. The minimum atomic E-state index is -0.244. The van der Waals surface area contributed by atoms with Crippen LogP contribution in [0.15, 0.2) is 39.5 Å². The summed E-state index contributed by atoms with van der Waals surface area (Å²) in [5, 5.41) is 6.40. The van der Waals surface area contributed by atoms with Gasteiger partial charge in [0.1, 0.15) is 12.0 Å². The third kappa shape index (κ3) is 2.85. The van der Waals surface area contributed by atoms with Gasteiger partial charge >= 0.3 is 0 Å². The van der Waals surface area contributed by atoms with Gasteiger partial charge in [0.15, 0.2) is 0 Å². The highest BCUT2D eigenvalue weighted by Crippen LogP contribution is 2.18. The van der Waals surface area contributed by atoms with Gasteiger partial charge in [-0.25, -0.2) is 0 Å². The third-order valence-electron chi connectivity index (χ3n) is 2.18. The summed E-state index contributed by atoms with van der Waals surface area (Å²) in [6.45, 7) is 0.307. The van der Waals surface area contributed by atoms with Crippen molar-refractivity contribution >= 4 is 27.5 Å². The molecule has 88 valence electrons. The number of halogens is 1. The Labute approximate surface area is 106 Å². The van der Waals surface area contributed by atoms with Crippen LogP contribution in [0.25, 0.3) is 0 Å². The molecule has 17 heavy (non-hydrogen) atoms. The molecule has 0 saturated heterocycles. The Morgan fingerprint density at radius 2 is 2.29 bits per heavy atom. The molecule has 1 aromatic carbocycles. The summed E-state index contributed by atoms with van der Waals surface area (Å²) in [5.74, 6) is -0.244. The number of amides is 1. The van der Waals surface area contributed by atoms with Crippen molar-refractivity contribution in [1.29, 1.82) is 0 Å². The van der Waals surface area contributed by atoms with E-state index in [0.717, 1.165) is 4.47 Å². The number of rotatable bonds is 3. The number of hydrogen-bond acceptors (Lipinski definition) is 4. The lowest BCUT2D eigenvalue weighted by Crippen LogP contribution is -2.23. The maximum atomic E-state index is 11.8. The van der Waals surface area contributed by atoms with E-state index in [0.29, 0.717) is 23.5 Å². The minimum absolute atomic E-state index is 0.244. The molecule has 0 aliphatic carbocycles. The maximum Gasteiger partial charge on any atom is 0.253 e. The lowest BCUT2D eigenvalue weighted by Gasteiger charge is -2.06. The smallest absolute Gasteiger partial charge is 0.253 e. The molecule has 5 nitrogen and oxygen atoms in total. The van der Waals surface area contributed by atoms with Gasteiger partial charge in [-0.2, -0.15) is 0 Å². The second kappa shape index (κ2) is 5.01. The standard InChI is InChI=1S/C11H10BrN3O2/c12-7-1-2-10(13)9(5-7)11(16)14-6-8-3-4-17-15-8/h1-5H,6,13H2,(H,14,16). The van der Waals surface area contributed by atoms with E-state index in [4.69, 9.17) is 5.73 Å². The molecule has 1 heterocycles. The van der Waals surface area contributed by atoms with E-state index in [1.807, 2.05) is 0 Å². The largest absolute Gasteiger partial charge is 0.398 e. The highest BCUT2D eigenvalue weighted by molar-refractivity contribution is 9.10. The Bertz CT molecular complexity index is 526. The van der Waals surface area contributed by atoms with Gasteiger partial charge in [-0.1, -0.05) is 21.1 Å². The summed E-state index contributed by atoms with van der Waals surface area (Å²) in [6, 6.07) is 6.82. The highest BCUT2D eigenvalue weighted by Gasteiger charge is 2.10. The van der Waals surface area contributed by atoms with Gasteiger partial charge in [0.05, 0.1) is 12.1 Å². The average Bonchev–Trinajstić information content (AvgIpc) is 2.82. The summed E-state index contributed by atoms with van der Waals surface area (Å²) in [4.78, 5) is 11.8. The van der Waals surface area contributed by atoms with Crippen LogP contribution in [0.2, 0.25) is 0 Å². The van der Waals surface area contributed by atoms with Crippen LogP contribution in [0.3, 0.4) is 0 Å². The van der Waals surface area contributed by atoms with E-state index < -0.39 is 0 Å². The second-order valence-electron chi connectivity index (χ2n) is 3.41. The normalized spacial score (nSPS) is 10.2. The maximum absolute atomic E-state index is 11.8. The van der Waals surface area contributed by atoms with Crippen LogP contribution < -0.4 is 11.1 Å². The van der Waals surface area contributed by atoms with Crippen molar-refractivity contribution in [2.75, 3.05) is 5.73 Å². The van der Waals surface area contributed by atoms with Gasteiger partial charge in [-0.3, -0.25) is 4.79 Å². The molecule has 6 heteroatoms. The summed E-state index contributed by atoms with van der Waals surface area (Å²) < 4.78 is 5.47. The summed E-state index contributed by atoms with van der Waals surface area (Å²) >= 11 is 3.29. The van der Waals surface area contributed by atoms with Crippen molar-refractivity contribution < 1.29 is 9.32 Å². The first kappa shape index (κ1) is 11.7. The Hall–Kier alpha value is -1.82. The Morgan fingerprint density at radius 3 is 3.00 bits per heavy atom. The van der Waals surface area contributed by atoms with Crippen LogP contribution in [-0.2, 0) is 6.54 Å². The molecule has 2 rings (SSSR count). The van der Waals surface area contributed by atoms with Crippen molar-refractivity contribution in [3.8, 4) is 0 Å². The number of carbonyl (C=O) groups is 1. The quantitative estimate of drug-likeness (QED) is 0.848. The Balaban J connectivity index is 2.07. The molecule has 0 saturated carbocycles.